The van der Waals surface area contributed by atoms with Crippen molar-refractivity contribution in [3.63, 3.8) is 0 Å². The van der Waals surface area contributed by atoms with Crippen molar-refractivity contribution in [3.05, 3.63) is 0 Å². The van der Waals surface area contributed by atoms with Gasteiger partial charge in [0.25, 0.3) is 0 Å². The fourth-order valence-electron chi connectivity index (χ4n) is 0.863. The summed E-state index contributed by atoms with van der Waals surface area (Å²) in [4.78, 5) is 22.4. The number of thiocarbonyl (C=S) groups is 1. The van der Waals surface area contributed by atoms with Crippen LogP contribution in [0.3, 0.4) is 0 Å². The van der Waals surface area contributed by atoms with E-state index in [9.17, 15) is 9.59 Å². The number of methoxy groups -OCH3 is 1. The van der Waals surface area contributed by atoms with Gasteiger partial charge in [-0.25, -0.2) is 4.79 Å². The van der Waals surface area contributed by atoms with Gasteiger partial charge in [-0.3, -0.25) is 10.2 Å². The molecule has 8 heteroatoms. The summed E-state index contributed by atoms with van der Waals surface area (Å²) >= 11 is 4.54. The van der Waals surface area contributed by atoms with Crippen molar-refractivity contribution in [1.29, 1.82) is 0 Å². The summed E-state index contributed by atoms with van der Waals surface area (Å²) in [7, 11) is 1.26. The number of nitrogens with two attached hydrogens (primary N) is 1. The third-order valence-corrected chi connectivity index (χ3v) is 1.70. The highest BCUT2D eigenvalue weighted by atomic mass is 32.1. The van der Waals surface area contributed by atoms with Gasteiger partial charge in [0.1, 0.15) is 5.71 Å². The van der Waals surface area contributed by atoms with Gasteiger partial charge in [-0.2, -0.15) is 5.10 Å². The van der Waals surface area contributed by atoms with Crippen LogP contribution in [0.25, 0.3) is 0 Å². The summed E-state index contributed by atoms with van der Waals surface area (Å²) in [6.07, 6.45) is 0.105. The molecule has 0 saturated heterocycles. The maximum Gasteiger partial charge on any atom is 0.354 e. The average Bonchev–Trinajstić information content (AvgIpc) is 2.28. The van der Waals surface area contributed by atoms with Crippen LogP contribution in [0, 0.1) is 0 Å². The Hall–Kier alpha value is -1.70. The molecule has 0 bridgehead atoms. The van der Waals surface area contributed by atoms with Gasteiger partial charge in [0, 0.05) is 6.42 Å². The van der Waals surface area contributed by atoms with Crippen LogP contribution in [0.4, 0.5) is 0 Å². The van der Waals surface area contributed by atoms with E-state index in [1.165, 1.54) is 7.11 Å². The summed E-state index contributed by atoms with van der Waals surface area (Å²) in [5, 5.41) is 3.59. The first kappa shape index (κ1) is 15.3. The van der Waals surface area contributed by atoms with E-state index < -0.39 is 11.9 Å². The van der Waals surface area contributed by atoms with E-state index in [1.54, 1.807) is 6.92 Å². The molecule has 7 nitrogen and oxygen atoms in total. The molecule has 0 saturated carbocycles. The van der Waals surface area contributed by atoms with Crippen LogP contribution in [0.15, 0.2) is 5.10 Å². The van der Waals surface area contributed by atoms with Gasteiger partial charge in [0.05, 0.1) is 20.1 Å². The number of nitrogens with zero attached hydrogens (tertiary/aromatic N) is 1. The zero-order chi connectivity index (χ0) is 13.3. The molecule has 0 radical (unpaired) electrons. The first-order chi connectivity index (χ1) is 8.01. The first-order valence-electron chi connectivity index (χ1n) is 4.87. The molecule has 0 aliphatic rings. The number of hydrazone groups is 1. The number of carbonyl (C=O) groups excluding carboxylic acids is 2. The molecule has 0 atom stereocenters. The molecule has 0 aromatic carbocycles. The number of hydrogen-bond donors (Lipinski definition) is 2. The molecule has 0 spiro atoms. The summed E-state index contributed by atoms with van der Waals surface area (Å²) in [6, 6.07) is 0. The van der Waals surface area contributed by atoms with Crippen LogP contribution in [0.1, 0.15) is 19.8 Å². The second kappa shape index (κ2) is 8.45. The lowest BCUT2D eigenvalue weighted by atomic mass is 10.2. The zero-order valence-electron chi connectivity index (χ0n) is 9.69. The van der Waals surface area contributed by atoms with Gasteiger partial charge in [0.2, 0.25) is 0 Å². The lowest BCUT2D eigenvalue weighted by Crippen LogP contribution is -2.28. The Bertz CT molecular complexity index is 330. The van der Waals surface area contributed by atoms with E-state index >= 15 is 0 Å². The highest BCUT2D eigenvalue weighted by Gasteiger charge is 2.15. The highest BCUT2D eigenvalue weighted by Crippen LogP contribution is 1.98. The minimum Gasteiger partial charge on any atom is -0.469 e. The largest absolute Gasteiger partial charge is 0.469 e. The van der Waals surface area contributed by atoms with Crippen molar-refractivity contribution in [2.45, 2.75) is 19.8 Å². The van der Waals surface area contributed by atoms with E-state index in [4.69, 9.17) is 10.5 Å². The normalized spacial score (nSPS) is 10.6. The lowest BCUT2D eigenvalue weighted by Gasteiger charge is -2.05. The first-order valence-corrected chi connectivity index (χ1v) is 5.28. The van der Waals surface area contributed by atoms with E-state index in [0.717, 1.165) is 0 Å². The SMILES string of the molecule is CCOC(=O)/C(CCC(=O)OC)=N\NC(N)=S. The van der Waals surface area contributed by atoms with Gasteiger partial charge < -0.3 is 15.2 Å². The molecule has 0 amide bonds. The number of esters is 2. The monoisotopic (exact) mass is 261 g/mol. The summed E-state index contributed by atoms with van der Waals surface area (Å²) in [5.41, 5.74) is 7.47. The van der Waals surface area contributed by atoms with Crippen LogP contribution in [0.5, 0.6) is 0 Å². The second-order valence-corrected chi connectivity index (χ2v) is 3.27. The maximum absolute atomic E-state index is 11.4. The molecule has 0 aromatic heterocycles. The van der Waals surface area contributed by atoms with Gasteiger partial charge in [-0.05, 0) is 19.1 Å². The third kappa shape index (κ3) is 7.23. The topological polar surface area (TPSA) is 103 Å². The molecule has 0 heterocycles. The Balaban J connectivity index is 4.50. The Morgan fingerprint density at radius 3 is 2.53 bits per heavy atom. The number of hydrogen-bond acceptors (Lipinski definition) is 6. The number of carbonyl (C=O) groups is 2. The molecular formula is C9H15N3O4S. The maximum atomic E-state index is 11.4. The number of ether oxygens (including phenoxy) is 2. The van der Waals surface area contributed by atoms with E-state index in [0.29, 0.717) is 0 Å². The zero-order valence-corrected chi connectivity index (χ0v) is 10.5. The van der Waals surface area contributed by atoms with Crippen molar-refractivity contribution < 1.29 is 19.1 Å². The molecule has 0 unspecified atom stereocenters. The van der Waals surface area contributed by atoms with Gasteiger partial charge >= 0.3 is 11.9 Å². The van der Waals surface area contributed by atoms with Crippen molar-refractivity contribution in [2.75, 3.05) is 13.7 Å². The van der Waals surface area contributed by atoms with Crippen LogP contribution in [0.2, 0.25) is 0 Å². The molecule has 0 fully saturated rings. The Kier molecular flexibility index (Phi) is 7.61. The predicted molar refractivity (Wildman–Crippen MR) is 65.2 cm³/mol. The fraction of sp³-hybridized carbons (Fsp3) is 0.556. The van der Waals surface area contributed by atoms with Crippen molar-refractivity contribution >= 4 is 35.0 Å². The van der Waals surface area contributed by atoms with Crippen molar-refractivity contribution in [1.82, 2.24) is 5.43 Å². The third-order valence-electron chi connectivity index (χ3n) is 1.61. The summed E-state index contributed by atoms with van der Waals surface area (Å²) in [5.74, 6) is -1.07. The molecule has 17 heavy (non-hydrogen) atoms. The Morgan fingerprint density at radius 1 is 1.41 bits per heavy atom. The van der Waals surface area contributed by atoms with E-state index in [1.807, 2.05) is 0 Å². The quantitative estimate of drug-likeness (QED) is 0.292. The van der Waals surface area contributed by atoms with E-state index in [2.05, 4.69) is 27.5 Å². The Morgan fingerprint density at radius 2 is 2.06 bits per heavy atom. The minimum absolute atomic E-state index is 0.0210. The average molecular weight is 261 g/mol. The Labute approximate surface area is 104 Å². The second-order valence-electron chi connectivity index (χ2n) is 2.83. The molecule has 0 aliphatic carbocycles. The highest BCUT2D eigenvalue weighted by molar-refractivity contribution is 7.80. The lowest BCUT2D eigenvalue weighted by molar-refractivity contribution is -0.140. The van der Waals surface area contributed by atoms with Crippen LogP contribution in [-0.2, 0) is 19.1 Å². The van der Waals surface area contributed by atoms with Crippen LogP contribution in [-0.4, -0.2) is 36.5 Å². The van der Waals surface area contributed by atoms with Gasteiger partial charge in [-0.15, -0.1) is 0 Å². The number of rotatable bonds is 6. The van der Waals surface area contributed by atoms with Crippen LogP contribution < -0.4 is 11.2 Å². The fourth-order valence-corrected chi connectivity index (χ4v) is 0.909. The van der Waals surface area contributed by atoms with Gasteiger partial charge in [0.15, 0.2) is 5.11 Å². The van der Waals surface area contributed by atoms with Crippen LogP contribution >= 0.6 is 12.2 Å². The summed E-state index contributed by atoms with van der Waals surface area (Å²) < 4.78 is 9.21. The van der Waals surface area contributed by atoms with E-state index in [-0.39, 0.29) is 30.3 Å². The smallest absolute Gasteiger partial charge is 0.354 e. The standard InChI is InChI=1S/C9H15N3O4S/c1-3-16-8(14)6(11-12-9(10)17)4-5-7(13)15-2/h3-5H2,1-2H3,(H3,10,12,17)/b11-6-. The molecule has 0 aromatic rings. The molecule has 0 rings (SSSR count). The summed E-state index contributed by atoms with van der Waals surface area (Å²) in [6.45, 7) is 1.87. The van der Waals surface area contributed by atoms with Crippen molar-refractivity contribution in [3.8, 4) is 0 Å². The predicted octanol–water partition coefficient (Wildman–Crippen LogP) is -0.308. The molecule has 0 aliphatic heterocycles. The molecular weight excluding hydrogens is 246 g/mol. The minimum atomic E-state index is -0.625. The molecule has 96 valence electrons. The molecule has 3 N–H and O–H groups in total. The van der Waals surface area contributed by atoms with Crippen molar-refractivity contribution in [2.24, 2.45) is 10.8 Å². The van der Waals surface area contributed by atoms with Gasteiger partial charge in [-0.1, -0.05) is 0 Å². The number of nitrogens with one attached hydrogen (secondary N) is 1.